The first-order valence-corrected chi connectivity index (χ1v) is 9.45. The zero-order chi connectivity index (χ0) is 15.9. The number of rotatable bonds is 3. The molecule has 0 radical (unpaired) electrons. The van der Waals surface area contributed by atoms with E-state index in [9.17, 15) is 8.42 Å². The number of nitrogens with zero attached hydrogens (tertiary/aromatic N) is 1. The molecule has 2 aromatic carbocycles. The van der Waals surface area contributed by atoms with Crippen LogP contribution in [0.4, 0.5) is 0 Å². The molecule has 2 saturated heterocycles. The van der Waals surface area contributed by atoms with Crippen LogP contribution in [0.2, 0.25) is 0 Å². The Hall–Kier alpha value is -1.69. The highest BCUT2D eigenvalue weighted by molar-refractivity contribution is 7.89. The highest BCUT2D eigenvalue weighted by Crippen LogP contribution is 2.34. The summed E-state index contributed by atoms with van der Waals surface area (Å²) in [4.78, 5) is 0.416. The summed E-state index contributed by atoms with van der Waals surface area (Å²) in [6.45, 7) is 3.11. The van der Waals surface area contributed by atoms with E-state index in [2.05, 4.69) is 5.32 Å². The maximum atomic E-state index is 13.2. The van der Waals surface area contributed by atoms with Crippen LogP contribution in [-0.4, -0.2) is 38.9 Å². The maximum Gasteiger partial charge on any atom is 0.243 e. The Balaban J connectivity index is 1.73. The number of benzene rings is 2. The van der Waals surface area contributed by atoms with Crippen molar-refractivity contribution in [3.8, 4) is 11.1 Å². The van der Waals surface area contributed by atoms with E-state index in [0.29, 0.717) is 29.8 Å². The molecule has 4 rings (SSSR count). The zero-order valence-electron chi connectivity index (χ0n) is 12.9. The molecule has 5 heteroatoms. The lowest BCUT2D eigenvalue weighted by atomic mass is 10.0. The third-order valence-electron chi connectivity index (χ3n) is 4.95. The van der Waals surface area contributed by atoms with Crippen molar-refractivity contribution in [1.82, 2.24) is 9.62 Å². The minimum absolute atomic E-state index is 0.416. The van der Waals surface area contributed by atoms with Gasteiger partial charge in [0.15, 0.2) is 0 Å². The Bertz CT molecular complexity index is 793. The van der Waals surface area contributed by atoms with Crippen LogP contribution in [0.1, 0.15) is 0 Å². The topological polar surface area (TPSA) is 49.4 Å². The largest absolute Gasteiger partial charge is 0.316 e. The van der Waals surface area contributed by atoms with Gasteiger partial charge in [0.05, 0.1) is 4.90 Å². The first-order valence-electron chi connectivity index (χ1n) is 8.01. The van der Waals surface area contributed by atoms with Crippen LogP contribution in [0.3, 0.4) is 0 Å². The van der Waals surface area contributed by atoms with Crippen molar-refractivity contribution < 1.29 is 8.42 Å². The summed E-state index contributed by atoms with van der Waals surface area (Å²) in [7, 11) is -3.45. The molecule has 0 unspecified atom stereocenters. The van der Waals surface area contributed by atoms with Crippen LogP contribution < -0.4 is 5.32 Å². The second kappa shape index (κ2) is 5.74. The molecule has 2 fully saturated rings. The van der Waals surface area contributed by atoms with Crippen LogP contribution in [0.25, 0.3) is 11.1 Å². The average Bonchev–Trinajstić information content (AvgIpc) is 3.18. The van der Waals surface area contributed by atoms with Gasteiger partial charge in [0.1, 0.15) is 0 Å². The fourth-order valence-corrected chi connectivity index (χ4v) is 5.46. The summed E-state index contributed by atoms with van der Waals surface area (Å²) in [5.41, 5.74) is 1.72. The number of sulfonamides is 1. The molecule has 0 aromatic heterocycles. The lowest BCUT2D eigenvalue weighted by molar-refractivity contribution is 0.448. The van der Waals surface area contributed by atoms with E-state index in [0.717, 1.165) is 24.2 Å². The molecule has 0 spiro atoms. The molecule has 23 heavy (non-hydrogen) atoms. The van der Waals surface area contributed by atoms with Crippen LogP contribution in [-0.2, 0) is 10.0 Å². The molecule has 120 valence electrons. The molecule has 4 nitrogen and oxygen atoms in total. The molecule has 1 N–H and O–H groups in total. The first-order chi connectivity index (χ1) is 11.2. The van der Waals surface area contributed by atoms with Crippen molar-refractivity contribution in [2.45, 2.75) is 4.90 Å². The lowest BCUT2D eigenvalue weighted by Gasteiger charge is -2.19. The molecule has 2 aliphatic heterocycles. The highest BCUT2D eigenvalue weighted by atomic mass is 32.2. The first kappa shape index (κ1) is 14.9. The van der Waals surface area contributed by atoms with Crippen molar-refractivity contribution in [2.24, 2.45) is 11.8 Å². The number of fused-ring (bicyclic) bond motifs is 1. The zero-order valence-corrected chi connectivity index (χ0v) is 13.7. The Morgan fingerprint density at radius 3 is 2.17 bits per heavy atom. The van der Waals surface area contributed by atoms with Gasteiger partial charge in [-0.1, -0.05) is 48.5 Å². The number of hydrogen-bond acceptors (Lipinski definition) is 3. The summed E-state index contributed by atoms with van der Waals surface area (Å²) in [5.74, 6) is 0.905. The van der Waals surface area contributed by atoms with E-state index < -0.39 is 10.0 Å². The maximum absolute atomic E-state index is 13.2. The van der Waals surface area contributed by atoms with Crippen LogP contribution >= 0.6 is 0 Å². The van der Waals surface area contributed by atoms with Gasteiger partial charge in [-0.2, -0.15) is 4.31 Å². The van der Waals surface area contributed by atoms with Gasteiger partial charge in [0.25, 0.3) is 0 Å². The van der Waals surface area contributed by atoms with Crippen molar-refractivity contribution in [1.29, 1.82) is 0 Å². The van der Waals surface area contributed by atoms with Crippen molar-refractivity contribution >= 4 is 10.0 Å². The molecule has 0 bridgehead atoms. The molecule has 0 amide bonds. The Morgan fingerprint density at radius 2 is 1.48 bits per heavy atom. The van der Waals surface area contributed by atoms with Gasteiger partial charge in [-0.05, 0) is 36.6 Å². The summed E-state index contributed by atoms with van der Waals surface area (Å²) in [5, 5.41) is 3.35. The standard InChI is InChI=1S/C18H20N2O2S/c21-23(22,20-12-15-10-19-11-16(15)13-20)18-9-5-4-8-17(18)14-6-2-1-3-7-14/h1-9,15-16,19H,10-13H2/t15-,16+. The van der Waals surface area contributed by atoms with E-state index in [1.54, 1.807) is 16.4 Å². The molecule has 2 atom stereocenters. The van der Waals surface area contributed by atoms with Gasteiger partial charge >= 0.3 is 0 Å². The van der Waals surface area contributed by atoms with Gasteiger partial charge in [-0.3, -0.25) is 0 Å². The molecule has 0 saturated carbocycles. The molecule has 2 aliphatic rings. The molecular weight excluding hydrogens is 308 g/mol. The second-order valence-electron chi connectivity index (χ2n) is 6.36. The van der Waals surface area contributed by atoms with E-state index in [1.807, 2.05) is 42.5 Å². The average molecular weight is 328 g/mol. The monoisotopic (exact) mass is 328 g/mol. The summed E-state index contributed by atoms with van der Waals surface area (Å²) in [6, 6.07) is 17.0. The van der Waals surface area contributed by atoms with Gasteiger partial charge in [0, 0.05) is 18.7 Å². The molecule has 0 aliphatic carbocycles. The van der Waals surface area contributed by atoms with E-state index >= 15 is 0 Å². The predicted molar refractivity (Wildman–Crippen MR) is 90.5 cm³/mol. The van der Waals surface area contributed by atoms with Crippen molar-refractivity contribution in [3.05, 3.63) is 54.6 Å². The smallest absolute Gasteiger partial charge is 0.243 e. The third-order valence-corrected chi connectivity index (χ3v) is 6.84. The van der Waals surface area contributed by atoms with Gasteiger partial charge < -0.3 is 5.32 Å². The van der Waals surface area contributed by atoms with E-state index in [4.69, 9.17) is 0 Å². The molecule has 2 aromatic rings. The minimum Gasteiger partial charge on any atom is -0.316 e. The Kier molecular flexibility index (Phi) is 3.71. The van der Waals surface area contributed by atoms with Gasteiger partial charge in [-0.15, -0.1) is 0 Å². The summed E-state index contributed by atoms with van der Waals surface area (Å²) < 4.78 is 28.0. The third kappa shape index (κ3) is 2.59. The van der Waals surface area contributed by atoms with Crippen LogP contribution in [0.15, 0.2) is 59.5 Å². The van der Waals surface area contributed by atoms with E-state index in [1.165, 1.54) is 0 Å². The van der Waals surface area contributed by atoms with Gasteiger partial charge in [-0.25, -0.2) is 8.42 Å². The van der Waals surface area contributed by atoms with Gasteiger partial charge in [0.2, 0.25) is 10.0 Å². The minimum atomic E-state index is -3.45. The Morgan fingerprint density at radius 1 is 0.870 bits per heavy atom. The fourth-order valence-electron chi connectivity index (χ4n) is 3.70. The van der Waals surface area contributed by atoms with Crippen LogP contribution in [0, 0.1) is 11.8 Å². The predicted octanol–water partition coefficient (Wildman–Crippen LogP) is 2.19. The molecular formula is C18H20N2O2S. The molecule has 2 heterocycles. The lowest BCUT2D eigenvalue weighted by Crippen LogP contribution is -2.32. The number of hydrogen-bond donors (Lipinski definition) is 1. The quantitative estimate of drug-likeness (QED) is 0.940. The second-order valence-corrected chi connectivity index (χ2v) is 8.27. The SMILES string of the molecule is O=S(=O)(c1ccccc1-c1ccccc1)N1C[C@H]2CNC[C@H]2C1. The van der Waals surface area contributed by atoms with Crippen molar-refractivity contribution in [2.75, 3.05) is 26.2 Å². The van der Waals surface area contributed by atoms with Crippen LogP contribution in [0.5, 0.6) is 0 Å². The summed E-state index contributed by atoms with van der Waals surface area (Å²) in [6.07, 6.45) is 0. The number of nitrogens with one attached hydrogen (secondary N) is 1. The van der Waals surface area contributed by atoms with Crippen molar-refractivity contribution in [3.63, 3.8) is 0 Å². The van der Waals surface area contributed by atoms with E-state index in [-0.39, 0.29) is 0 Å². The normalized spacial score (nSPS) is 24.7. The summed E-state index contributed by atoms with van der Waals surface area (Å²) >= 11 is 0. The highest BCUT2D eigenvalue weighted by Gasteiger charge is 2.42. The Labute approximate surface area is 137 Å². The fraction of sp³-hybridized carbons (Fsp3) is 0.333.